The monoisotopic (exact) mass is 208 g/mol. The quantitative estimate of drug-likeness (QED) is 0.564. The SMILES string of the molecule is COC(=O)[C@H](O)CC1=CC[C@H]2CC=C[C@H]12. The molecule has 0 saturated heterocycles. The van der Waals surface area contributed by atoms with Crippen molar-refractivity contribution < 1.29 is 14.6 Å². The third-order valence-corrected chi connectivity index (χ3v) is 3.30. The zero-order valence-corrected chi connectivity index (χ0v) is 8.85. The second-order valence-corrected chi connectivity index (χ2v) is 4.21. The van der Waals surface area contributed by atoms with Crippen molar-refractivity contribution >= 4 is 5.97 Å². The maximum absolute atomic E-state index is 11.1. The van der Waals surface area contributed by atoms with Crippen molar-refractivity contribution in [3.63, 3.8) is 0 Å². The predicted octanol–water partition coefficient (Wildman–Crippen LogP) is 1.43. The van der Waals surface area contributed by atoms with Crippen LogP contribution in [-0.2, 0) is 9.53 Å². The lowest BCUT2D eigenvalue weighted by molar-refractivity contribution is -0.150. The highest BCUT2D eigenvalue weighted by atomic mass is 16.5. The van der Waals surface area contributed by atoms with Crippen LogP contribution in [0.15, 0.2) is 23.8 Å². The summed E-state index contributed by atoms with van der Waals surface area (Å²) in [5.41, 5.74) is 1.19. The summed E-state index contributed by atoms with van der Waals surface area (Å²) in [7, 11) is 1.30. The number of esters is 1. The number of rotatable bonds is 3. The van der Waals surface area contributed by atoms with Crippen molar-refractivity contribution in [2.75, 3.05) is 7.11 Å². The van der Waals surface area contributed by atoms with Gasteiger partial charge in [-0.2, -0.15) is 0 Å². The highest BCUT2D eigenvalue weighted by molar-refractivity contribution is 5.74. The largest absolute Gasteiger partial charge is 0.467 e. The van der Waals surface area contributed by atoms with Gasteiger partial charge < -0.3 is 9.84 Å². The Bertz CT molecular complexity index is 317. The van der Waals surface area contributed by atoms with Gasteiger partial charge in [0.15, 0.2) is 6.10 Å². The van der Waals surface area contributed by atoms with Crippen LogP contribution in [0.2, 0.25) is 0 Å². The molecule has 0 bridgehead atoms. The average molecular weight is 208 g/mol. The molecular weight excluding hydrogens is 192 g/mol. The molecule has 2 rings (SSSR count). The number of allylic oxidation sites excluding steroid dienone is 3. The van der Waals surface area contributed by atoms with Crippen LogP contribution in [0.3, 0.4) is 0 Å². The molecule has 0 heterocycles. The number of aliphatic hydroxyl groups is 1. The van der Waals surface area contributed by atoms with Crippen molar-refractivity contribution in [1.29, 1.82) is 0 Å². The number of hydrogen-bond donors (Lipinski definition) is 1. The van der Waals surface area contributed by atoms with Gasteiger partial charge in [0, 0.05) is 12.3 Å². The lowest BCUT2D eigenvalue weighted by Gasteiger charge is -2.15. The molecule has 1 N–H and O–H groups in total. The molecule has 3 nitrogen and oxygen atoms in total. The van der Waals surface area contributed by atoms with E-state index in [4.69, 9.17) is 0 Å². The van der Waals surface area contributed by atoms with Gasteiger partial charge in [-0.1, -0.05) is 23.8 Å². The van der Waals surface area contributed by atoms with Crippen LogP contribution in [0, 0.1) is 11.8 Å². The van der Waals surface area contributed by atoms with E-state index < -0.39 is 12.1 Å². The number of hydrogen-bond acceptors (Lipinski definition) is 3. The third kappa shape index (κ3) is 1.97. The summed E-state index contributed by atoms with van der Waals surface area (Å²) >= 11 is 0. The standard InChI is InChI=1S/C12H16O3/c1-15-12(14)11(13)7-9-6-5-8-3-2-4-10(8)9/h2,4,6,8,10-11,13H,3,5,7H2,1H3/t8-,10+,11-/m1/s1. The third-order valence-electron chi connectivity index (χ3n) is 3.30. The lowest BCUT2D eigenvalue weighted by atomic mass is 9.92. The molecule has 2 aliphatic rings. The first-order chi connectivity index (χ1) is 7.22. The van der Waals surface area contributed by atoms with Gasteiger partial charge >= 0.3 is 5.97 Å². The summed E-state index contributed by atoms with van der Waals surface area (Å²) in [5.74, 6) is 0.579. The molecule has 0 spiro atoms. The Kier molecular flexibility index (Phi) is 2.91. The molecule has 0 aromatic carbocycles. The molecule has 0 aliphatic heterocycles. The van der Waals surface area contributed by atoms with E-state index in [1.807, 2.05) is 0 Å². The van der Waals surface area contributed by atoms with E-state index in [0.29, 0.717) is 18.3 Å². The maximum Gasteiger partial charge on any atom is 0.335 e. The zero-order chi connectivity index (χ0) is 10.8. The minimum Gasteiger partial charge on any atom is -0.467 e. The minimum atomic E-state index is -1.01. The highest BCUT2D eigenvalue weighted by Crippen LogP contribution is 2.41. The van der Waals surface area contributed by atoms with Crippen LogP contribution in [0.4, 0.5) is 0 Å². The molecule has 0 aromatic heterocycles. The van der Waals surface area contributed by atoms with Crippen molar-refractivity contribution in [3.05, 3.63) is 23.8 Å². The number of ether oxygens (including phenoxy) is 1. The van der Waals surface area contributed by atoms with Crippen molar-refractivity contribution in [1.82, 2.24) is 0 Å². The molecule has 0 saturated carbocycles. The Morgan fingerprint density at radius 2 is 2.47 bits per heavy atom. The second kappa shape index (κ2) is 4.19. The van der Waals surface area contributed by atoms with Crippen LogP contribution >= 0.6 is 0 Å². The summed E-state index contributed by atoms with van der Waals surface area (Å²) in [5, 5.41) is 9.56. The first kappa shape index (κ1) is 10.4. The normalized spacial score (nSPS) is 29.9. The van der Waals surface area contributed by atoms with E-state index in [0.717, 1.165) is 12.8 Å². The number of carbonyl (C=O) groups excluding carboxylic acids is 1. The number of fused-ring (bicyclic) bond motifs is 1. The van der Waals surface area contributed by atoms with Gasteiger partial charge in [0.25, 0.3) is 0 Å². The molecule has 2 aliphatic carbocycles. The molecule has 0 amide bonds. The van der Waals surface area contributed by atoms with E-state index >= 15 is 0 Å². The van der Waals surface area contributed by atoms with Gasteiger partial charge in [0.2, 0.25) is 0 Å². The van der Waals surface area contributed by atoms with E-state index in [-0.39, 0.29) is 0 Å². The van der Waals surface area contributed by atoms with E-state index in [2.05, 4.69) is 23.0 Å². The van der Waals surface area contributed by atoms with Gasteiger partial charge in [-0.15, -0.1) is 0 Å². The fourth-order valence-corrected chi connectivity index (χ4v) is 2.47. The fourth-order valence-electron chi connectivity index (χ4n) is 2.47. The summed E-state index contributed by atoms with van der Waals surface area (Å²) in [4.78, 5) is 11.1. The van der Waals surface area contributed by atoms with Crippen molar-refractivity contribution in [3.8, 4) is 0 Å². The lowest BCUT2D eigenvalue weighted by Crippen LogP contribution is -2.23. The summed E-state index contributed by atoms with van der Waals surface area (Å²) in [6.45, 7) is 0. The number of methoxy groups -OCH3 is 1. The molecule has 0 aromatic rings. The van der Waals surface area contributed by atoms with Gasteiger partial charge in [-0.3, -0.25) is 0 Å². The molecule has 82 valence electrons. The van der Waals surface area contributed by atoms with Crippen LogP contribution < -0.4 is 0 Å². The van der Waals surface area contributed by atoms with E-state index in [1.54, 1.807) is 0 Å². The van der Waals surface area contributed by atoms with Gasteiger partial charge in [-0.25, -0.2) is 4.79 Å². The van der Waals surface area contributed by atoms with Crippen LogP contribution in [0.5, 0.6) is 0 Å². The Labute approximate surface area is 89.4 Å². The van der Waals surface area contributed by atoms with Crippen LogP contribution in [-0.4, -0.2) is 24.3 Å². The minimum absolute atomic E-state index is 0.415. The number of carbonyl (C=O) groups is 1. The fraction of sp³-hybridized carbons (Fsp3) is 0.583. The molecule has 3 atom stereocenters. The molecule has 0 fully saturated rings. The smallest absolute Gasteiger partial charge is 0.335 e. The Hall–Kier alpha value is -1.09. The van der Waals surface area contributed by atoms with E-state index in [9.17, 15) is 9.90 Å². The molecule has 15 heavy (non-hydrogen) atoms. The molecular formula is C12H16O3. The average Bonchev–Trinajstić information content (AvgIpc) is 2.81. The van der Waals surface area contributed by atoms with Crippen LogP contribution in [0.1, 0.15) is 19.3 Å². The second-order valence-electron chi connectivity index (χ2n) is 4.21. The first-order valence-corrected chi connectivity index (χ1v) is 5.34. The van der Waals surface area contributed by atoms with Crippen molar-refractivity contribution in [2.24, 2.45) is 11.8 Å². The highest BCUT2D eigenvalue weighted by Gasteiger charge is 2.32. The zero-order valence-electron chi connectivity index (χ0n) is 8.85. The Morgan fingerprint density at radius 3 is 3.20 bits per heavy atom. The Morgan fingerprint density at radius 1 is 1.67 bits per heavy atom. The number of aliphatic hydroxyl groups excluding tert-OH is 1. The van der Waals surface area contributed by atoms with Crippen LogP contribution in [0.25, 0.3) is 0 Å². The van der Waals surface area contributed by atoms with Gasteiger partial charge in [0.05, 0.1) is 7.11 Å². The summed E-state index contributed by atoms with van der Waals surface area (Å²) < 4.78 is 4.50. The molecule has 0 radical (unpaired) electrons. The summed E-state index contributed by atoms with van der Waals surface area (Å²) in [6, 6.07) is 0. The van der Waals surface area contributed by atoms with Gasteiger partial charge in [0.1, 0.15) is 0 Å². The Balaban J connectivity index is 1.95. The predicted molar refractivity (Wildman–Crippen MR) is 56.1 cm³/mol. The molecule has 3 heteroatoms. The van der Waals surface area contributed by atoms with Gasteiger partial charge in [-0.05, 0) is 18.8 Å². The first-order valence-electron chi connectivity index (χ1n) is 5.34. The topological polar surface area (TPSA) is 46.5 Å². The summed E-state index contributed by atoms with van der Waals surface area (Å²) in [6.07, 6.45) is 8.14. The maximum atomic E-state index is 11.1. The molecule has 0 unspecified atom stereocenters. The van der Waals surface area contributed by atoms with E-state index in [1.165, 1.54) is 12.7 Å². The van der Waals surface area contributed by atoms with Crippen molar-refractivity contribution in [2.45, 2.75) is 25.4 Å².